The summed E-state index contributed by atoms with van der Waals surface area (Å²) < 4.78 is 28.6. The Morgan fingerprint density at radius 3 is 2.64 bits per heavy atom. The minimum Gasteiger partial charge on any atom is -0.348 e. The zero-order valence-corrected chi connectivity index (χ0v) is 14.3. The first kappa shape index (κ1) is 17.1. The molecule has 0 saturated carbocycles. The van der Waals surface area contributed by atoms with Crippen LogP contribution in [0.25, 0.3) is 11.0 Å². The lowest BCUT2D eigenvalue weighted by molar-refractivity contribution is -0.122. The van der Waals surface area contributed by atoms with Gasteiger partial charge < -0.3 is 9.88 Å². The molecule has 1 amide bonds. The molecule has 0 aliphatic heterocycles. The van der Waals surface area contributed by atoms with Crippen LogP contribution >= 0.6 is 0 Å². The molecular weight excluding hydrogens is 324 g/mol. The van der Waals surface area contributed by atoms with E-state index in [1.54, 1.807) is 17.8 Å². The Morgan fingerprint density at radius 1 is 1.20 bits per heavy atom. The predicted molar refractivity (Wildman–Crippen MR) is 92.1 cm³/mol. The van der Waals surface area contributed by atoms with Gasteiger partial charge >= 0.3 is 0 Å². The number of hydrogen-bond acceptors (Lipinski definition) is 2. The van der Waals surface area contributed by atoms with Crippen LogP contribution in [-0.4, -0.2) is 15.5 Å². The highest BCUT2D eigenvalue weighted by atomic mass is 19.1. The van der Waals surface area contributed by atoms with Crippen molar-refractivity contribution in [2.24, 2.45) is 0 Å². The first-order chi connectivity index (χ1) is 11.8. The van der Waals surface area contributed by atoms with Crippen LogP contribution in [0.2, 0.25) is 0 Å². The number of halogens is 2. The Hall–Kier alpha value is -2.76. The maximum Gasteiger partial charge on any atom is 0.240 e. The van der Waals surface area contributed by atoms with E-state index in [2.05, 4.69) is 10.3 Å². The first-order valence-electron chi connectivity index (χ1n) is 8.01. The first-order valence-corrected chi connectivity index (χ1v) is 8.01. The van der Waals surface area contributed by atoms with Gasteiger partial charge in [0, 0.05) is 11.6 Å². The zero-order valence-electron chi connectivity index (χ0n) is 14.3. The van der Waals surface area contributed by atoms with Gasteiger partial charge in [-0.1, -0.05) is 6.07 Å². The second-order valence-corrected chi connectivity index (χ2v) is 6.25. The van der Waals surface area contributed by atoms with Gasteiger partial charge in [0.05, 0.1) is 23.4 Å². The maximum atomic E-state index is 13.8. The highest BCUT2D eigenvalue weighted by molar-refractivity contribution is 5.81. The third kappa shape index (κ3) is 3.52. The van der Waals surface area contributed by atoms with E-state index in [1.165, 1.54) is 12.1 Å². The van der Waals surface area contributed by atoms with E-state index >= 15 is 0 Å². The van der Waals surface area contributed by atoms with Crippen LogP contribution < -0.4 is 5.32 Å². The van der Waals surface area contributed by atoms with E-state index in [9.17, 15) is 13.6 Å². The van der Waals surface area contributed by atoms with Crippen LogP contribution in [0.5, 0.6) is 0 Å². The Labute approximate surface area is 144 Å². The largest absolute Gasteiger partial charge is 0.348 e. The summed E-state index contributed by atoms with van der Waals surface area (Å²) in [6.45, 7) is 5.75. The van der Waals surface area contributed by atoms with E-state index < -0.39 is 17.7 Å². The molecule has 6 heteroatoms. The fourth-order valence-electron chi connectivity index (χ4n) is 2.81. The van der Waals surface area contributed by atoms with Gasteiger partial charge in [0.2, 0.25) is 5.91 Å². The van der Waals surface area contributed by atoms with Gasteiger partial charge in [-0.3, -0.25) is 4.79 Å². The number of amides is 1. The molecule has 25 heavy (non-hydrogen) atoms. The van der Waals surface area contributed by atoms with Crippen molar-refractivity contribution in [1.82, 2.24) is 14.9 Å². The number of nitrogens with zero attached hydrogens (tertiary/aromatic N) is 2. The lowest BCUT2D eigenvalue weighted by Gasteiger charge is -2.15. The standard InChI is InChI=1S/C19H19F2N3O/c1-11-6-17-18(7-12(11)2)24(10-22-17)9-19(25)23-13(3)15-5-4-14(20)8-16(15)21/h4-8,10,13H,9H2,1-3H3,(H,23,25)/t13-/m0/s1. The monoisotopic (exact) mass is 343 g/mol. The quantitative estimate of drug-likeness (QED) is 0.783. The number of aromatic nitrogens is 2. The van der Waals surface area contributed by atoms with Crippen LogP contribution in [-0.2, 0) is 11.3 Å². The molecule has 0 bridgehead atoms. The van der Waals surface area contributed by atoms with Crippen LogP contribution in [0.15, 0.2) is 36.7 Å². The van der Waals surface area contributed by atoms with E-state index in [-0.39, 0.29) is 18.0 Å². The SMILES string of the molecule is Cc1cc2ncn(CC(=O)N[C@@H](C)c3ccc(F)cc3F)c2cc1C. The second-order valence-electron chi connectivity index (χ2n) is 6.25. The molecule has 2 aromatic carbocycles. The number of aryl methyl sites for hydroxylation is 2. The molecule has 4 nitrogen and oxygen atoms in total. The van der Waals surface area contributed by atoms with Crippen LogP contribution in [0, 0.1) is 25.5 Å². The summed E-state index contributed by atoms with van der Waals surface area (Å²) in [6.07, 6.45) is 1.62. The van der Waals surface area contributed by atoms with Crippen molar-refractivity contribution >= 4 is 16.9 Å². The Morgan fingerprint density at radius 2 is 1.92 bits per heavy atom. The molecule has 130 valence electrons. The van der Waals surface area contributed by atoms with E-state index in [0.29, 0.717) is 0 Å². The van der Waals surface area contributed by atoms with Gasteiger partial charge in [-0.15, -0.1) is 0 Å². The third-order valence-electron chi connectivity index (χ3n) is 4.36. The number of benzene rings is 2. The minimum atomic E-state index is -0.674. The van der Waals surface area contributed by atoms with Crippen molar-refractivity contribution < 1.29 is 13.6 Å². The van der Waals surface area contributed by atoms with Crippen molar-refractivity contribution in [3.8, 4) is 0 Å². The van der Waals surface area contributed by atoms with E-state index in [0.717, 1.165) is 28.2 Å². The molecule has 0 radical (unpaired) electrons. The number of fused-ring (bicyclic) bond motifs is 1. The third-order valence-corrected chi connectivity index (χ3v) is 4.36. The molecule has 1 atom stereocenters. The molecule has 1 N–H and O–H groups in total. The maximum absolute atomic E-state index is 13.8. The number of rotatable bonds is 4. The van der Waals surface area contributed by atoms with Gasteiger partial charge in [0.1, 0.15) is 18.2 Å². The topological polar surface area (TPSA) is 46.9 Å². The molecule has 3 rings (SSSR count). The molecule has 3 aromatic rings. The van der Waals surface area contributed by atoms with Crippen molar-refractivity contribution in [3.63, 3.8) is 0 Å². The lowest BCUT2D eigenvalue weighted by Crippen LogP contribution is -2.30. The number of carbonyl (C=O) groups is 1. The number of nitrogens with one attached hydrogen (secondary N) is 1. The van der Waals surface area contributed by atoms with Gasteiger partial charge in [-0.05, 0) is 50.1 Å². The normalized spacial score (nSPS) is 12.4. The Kier molecular flexibility index (Phi) is 4.53. The van der Waals surface area contributed by atoms with Crippen LogP contribution in [0.4, 0.5) is 8.78 Å². The smallest absolute Gasteiger partial charge is 0.240 e. The molecule has 0 saturated heterocycles. The average Bonchev–Trinajstić information content (AvgIpc) is 2.89. The summed E-state index contributed by atoms with van der Waals surface area (Å²) in [5.41, 5.74) is 4.21. The summed E-state index contributed by atoms with van der Waals surface area (Å²) >= 11 is 0. The number of hydrogen-bond donors (Lipinski definition) is 1. The summed E-state index contributed by atoms with van der Waals surface area (Å²) in [6, 6.07) is 6.74. The summed E-state index contributed by atoms with van der Waals surface area (Å²) in [5.74, 6) is -1.59. The van der Waals surface area contributed by atoms with Crippen LogP contribution in [0.3, 0.4) is 0 Å². The van der Waals surface area contributed by atoms with Gasteiger partial charge in [0.15, 0.2) is 0 Å². The molecule has 0 fully saturated rings. The molecule has 0 aliphatic rings. The van der Waals surface area contributed by atoms with E-state index in [4.69, 9.17) is 0 Å². The fraction of sp³-hybridized carbons (Fsp3) is 0.263. The molecule has 0 unspecified atom stereocenters. The highest BCUT2D eigenvalue weighted by Crippen LogP contribution is 2.20. The summed E-state index contributed by atoms with van der Waals surface area (Å²) in [7, 11) is 0. The number of carbonyl (C=O) groups excluding carboxylic acids is 1. The van der Waals surface area contributed by atoms with Crippen molar-refractivity contribution in [2.75, 3.05) is 0 Å². The van der Waals surface area contributed by atoms with E-state index in [1.807, 2.05) is 26.0 Å². The summed E-state index contributed by atoms with van der Waals surface area (Å²) in [5, 5.41) is 2.74. The molecule has 1 aromatic heterocycles. The highest BCUT2D eigenvalue weighted by Gasteiger charge is 2.15. The minimum absolute atomic E-state index is 0.0756. The Bertz CT molecular complexity index is 949. The molecular formula is C19H19F2N3O. The van der Waals surface area contributed by atoms with Crippen molar-refractivity contribution in [1.29, 1.82) is 0 Å². The van der Waals surface area contributed by atoms with Crippen molar-refractivity contribution in [3.05, 3.63) is 65.0 Å². The Balaban J connectivity index is 1.75. The predicted octanol–water partition coefficient (Wildman–Crippen LogP) is 3.81. The van der Waals surface area contributed by atoms with Crippen molar-refractivity contribution in [2.45, 2.75) is 33.4 Å². The van der Waals surface area contributed by atoms with Gasteiger partial charge in [0.25, 0.3) is 0 Å². The van der Waals surface area contributed by atoms with Gasteiger partial charge in [-0.25, -0.2) is 13.8 Å². The summed E-state index contributed by atoms with van der Waals surface area (Å²) in [4.78, 5) is 16.6. The number of imidazole rings is 1. The molecule has 0 spiro atoms. The van der Waals surface area contributed by atoms with Gasteiger partial charge in [-0.2, -0.15) is 0 Å². The fourth-order valence-corrected chi connectivity index (χ4v) is 2.81. The van der Waals surface area contributed by atoms with Crippen LogP contribution in [0.1, 0.15) is 29.7 Å². The lowest BCUT2D eigenvalue weighted by atomic mass is 10.1. The zero-order chi connectivity index (χ0) is 18.1. The molecule has 0 aliphatic carbocycles. The average molecular weight is 343 g/mol. The molecule has 1 heterocycles. The second kappa shape index (κ2) is 6.63.